The SMILES string of the molecule is CCC(C)N(CC(=O)O)C(=O)c1cc(NC(=O)NC(C)(C)C)ccc1Cl. The molecule has 0 aromatic heterocycles. The predicted octanol–water partition coefficient (Wildman–Crippen LogP) is 3.59. The van der Waals surface area contributed by atoms with E-state index in [-0.39, 0.29) is 16.6 Å². The summed E-state index contributed by atoms with van der Waals surface area (Å²) in [5.74, 6) is -1.60. The van der Waals surface area contributed by atoms with Gasteiger partial charge < -0.3 is 20.6 Å². The average Bonchev–Trinajstić information content (AvgIpc) is 2.51. The quantitative estimate of drug-likeness (QED) is 0.699. The Balaban J connectivity index is 3.09. The number of halogens is 1. The molecule has 8 heteroatoms. The van der Waals surface area contributed by atoms with E-state index in [0.29, 0.717) is 12.1 Å². The maximum Gasteiger partial charge on any atom is 0.323 e. The molecule has 144 valence electrons. The molecule has 0 heterocycles. The van der Waals surface area contributed by atoms with Crippen molar-refractivity contribution in [2.24, 2.45) is 0 Å². The normalized spacial score (nSPS) is 12.2. The summed E-state index contributed by atoms with van der Waals surface area (Å²) in [6.07, 6.45) is 0.600. The Labute approximate surface area is 158 Å². The first-order chi connectivity index (χ1) is 11.9. The third kappa shape index (κ3) is 6.55. The Kier molecular flexibility index (Phi) is 7.44. The van der Waals surface area contributed by atoms with Crippen LogP contribution in [0.15, 0.2) is 18.2 Å². The molecule has 1 aromatic rings. The molecule has 1 rings (SSSR count). The fourth-order valence-corrected chi connectivity index (χ4v) is 2.42. The van der Waals surface area contributed by atoms with Gasteiger partial charge in [-0.15, -0.1) is 0 Å². The number of anilines is 1. The summed E-state index contributed by atoms with van der Waals surface area (Å²) in [4.78, 5) is 37.2. The highest BCUT2D eigenvalue weighted by molar-refractivity contribution is 6.34. The molecule has 1 aromatic carbocycles. The molecule has 0 aliphatic heterocycles. The number of carbonyl (C=O) groups is 3. The summed E-state index contributed by atoms with van der Waals surface area (Å²) in [6, 6.07) is 3.84. The minimum Gasteiger partial charge on any atom is -0.480 e. The number of carboxylic acid groups (broad SMARTS) is 1. The summed E-state index contributed by atoms with van der Waals surface area (Å²) in [7, 11) is 0. The van der Waals surface area contributed by atoms with Crippen molar-refractivity contribution < 1.29 is 19.5 Å². The Morgan fingerprint density at radius 1 is 1.27 bits per heavy atom. The molecule has 7 nitrogen and oxygen atoms in total. The highest BCUT2D eigenvalue weighted by Gasteiger charge is 2.25. The van der Waals surface area contributed by atoms with Crippen LogP contribution in [0.3, 0.4) is 0 Å². The second kappa shape index (κ2) is 8.89. The second-order valence-electron chi connectivity index (χ2n) is 7.11. The Morgan fingerprint density at radius 2 is 1.88 bits per heavy atom. The van der Waals surface area contributed by atoms with Crippen molar-refractivity contribution in [2.75, 3.05) is 11.9 Å². The van der Waals surface area contributed by atoms with Crippen molar-refractivity contribution in [3.63, 3.8) is 0 Å². The summed E-state index contributed by atoms with van der Waals surface area (Å²) in [5.41, 5.74) is 0.116. The fourth-order valence-electron chi connectivity index (χ4n) is 2.22. The van der Waals surface area contributed by atoms with Gasteiger partial charge in [0.25, 0.3) is 5.91 Å². The van der Waals surface area contributed by atoms with E-state index >= 15 is 0 Å². The lowest BCUT2D eigenvalue weighted by atomic mass is 10.1. The summed E-state index contributed by atoms with van der Waals surface area (Å²) < 4.78 is 0. The van der Waals surface area contributed by atoms with Crippen LogP contribution >= 0.6 is 11.6 Å². The number of rotatable bonds is 6. The maximum atomic E-state index is 12.8. The highest BCUT2D eigenvalue weighted by atomic mass is 35.5. The number of urea groups is 1. The largest absolute Gasteiger partial charge is 0.480 e. The molecule has 3 amide bonds. The van der Waals surface area contributed by atoms with Crippen molar-refractivity contribution in [2.45, 2.75) is 52.6 Å². The summed E-state index contributed by atoms with van der Waals surface area (Å²) in [6.45, 7) is 8.75. The van der Waals surface area contributed by atoms with Crippen LogP contribution in [0.2, 0.25) is 5.02 Å². The van der Waals surface area contributed by atoms with Gasteiger partial charge in [0.2, 0.25) is 0 Å². The molecule has 0 bridgehead atoms. The van der Waals surface area contributed by atoms with Gasteiger partial charge in [0.05, 0.1) is 10.6 Å². The van der Waals surface area contributed by atoms with E-state index in [9.17, 15) is 14.4 Å². The van der Waals surface area contributed by atoms with Crippen LogP contribution in [-0.2, 0) is 4.79 Å². The highest BCUT2D eigenvalue weighted by Crippen LogP contribution is 2.23. The number of hydrogen-bond donors (Lipinski definition) is 3. The first kappa shape index (κ1) is 21.8. The zero-order valence-corrected chi connectivity index (χ0v) is 16.5. The Bertz CT molecular complexity index is 686. The van der Waals surface area contributed by atoms with Crippen LogP contribution in [0.1, 0.15) is 51.4 Å². The molecular formula is C18H26ClN3O4. The molecule has 0 spiro atoms. The molecule has 0 aliphatic carbocycles. The molecule has 1 unspecified atom stereocenters. The molecule has 1 atom stereocenters. The van der Waals surface area contributed by atoms with Crippen LogP contribution < -0.4 is 10.6 Å². The molecular weight excluding hydrogens is 358 g/mol. The van der Waals surface area contributed by atoms with E-state index in [1.54, 1.807) is 13.0 Å². The van der Waals surface area contributed by atoms with E-state index in [0.717, 1.165) is 0 Å². The van der Waals surface area contributed by atoms with Gasteiger partial charge in [-0.3, -0.25) is 9.59 Å². The summed E-state index contributed by atoms with van der Waals surface area (Å²) >= 11 is 6.14. The first-order valence-corrected chi connectivity index (χ1v) is 8.74. The molecule has 0 aliphatic rings. The molecule has 0 saturated heterocycles. The zero-order chi connectivity index (χ0) is 20.1. The van der Waals surface area contributed by atoms with E-state index in [1.807, 2.05) is 27.7 Å². The number of nitrogens with zero attached hydrogens (tertiary/aromatic N) is 1. The number of hydrogen-bond acceptors (Lipinski definition) is 3. The summed E-state index contributed by atoms with van der Waals surface area (Å²) in [5, 5.41) is 14.7. The monoisotopic (exact) mass is 383 g/mol. The molecule has 0 saturated carbocycles. The average molecular weight is 384 g/mol. The van der Waals surface area contributed by atoms with E-state index < -0.39 is 30.0 Å². The number of benzene rings is 1. The lowest BCUT2D eigenvalue weighted by Gasteiger charge is -2.27. The van der Waals surface area contributed by atoms with E-state index in [2.05, 4.69) is 10.6 Å². The van der Waals surface area contributed by atoms with Gasteiger partial charge in [0.1, 0.15) is 6.54 Å². The van der Waals surface area contributed by atoms with Crippen LogP contribution in [0, 0.1) is 0 Å². The van der Waals surface area contributed by atoms with Crippen LogP contribution in [0.4, 0.5) is 10.5 Å². The number of aliphatic carboxylic acids is 1. The Morgan fingerprint density at radius 3 is 2.38 bits per heavy atom. The third-order valence-electron chi connectivity index (χ3n) is 3.63. The lowest BCUT2D eigenvalue weighted by Crippen LogP contribution is -2.43. The first-order valence-electron chi connectivity index (χ1n) is 8.36. The van der Waals surface area contributed by atoms with Gasteiger partial charge in [0.15, 0.2) is 0 Å². The predicted molar refractivity (Wildman–Crippen MR) is 102 cm³/mol. The number of nitrogens with one attached hydrogen (secondary N) is 2. The molecule has 3 N–H and O–H groups in total. The maximum absolute atomic E-state index is 12.8. The van der Waals surface area contributed by atoms with Crippen molar-refractivity contribution in [3.8, 4) is 0 Å². The Hall–Kier alpha value is -2.28. The van der Waals surface area contributed by atoms with Crippen molar-refractivity contribution in [1.82, 2.24) is 10.2 Å². The van der Waals surface area contributed by atoms with Crippen LogP contribution in [0.5, 0.6) is 0 Å². The fraction of sp³-hybridized carbons (Fsp3) is 0.500. The van der Waals surface area contributed by atoms with Gasteiger partial charge in [-0.2, -0.15) is 0 Å². The second-order valence-corrected chi connectivity index (χ2v) is 7.52. The molecule has 0 fully saturated rings. The van der Waals surface area contributed by atoms with Gasteiger partial charge in [-0.25, -0.2) is 4.79 Å². The van der Waals surface area contributed by atoms with Gasteiger partial charge in [-0.05, 0) is 52.3 Å². The van der Waals surface area contributed by atoms with E-state index in [1.165, 1.54) is 17.0 Å². The number of carboxylic acids is 1. The zero-order valence-electron chi connectivity index (χ0n) is 15.7. The smallest absolute Gasteiger partial charge is 0.323 e. The minimum absolute atomic E-state index is 0.141. The number of amides is 3. The van der Waals surface area contributed by atoms with Crippen molar-refractivity contribution in [3.05, 3.63) is 28.8 Å². The van der Waals surface area contributed by atoms with Crippen LogP contribution in [-0.4, -0.2) is 46.0 Å². The number of carbonyl (C=O) groups excluding carboxylic acids is 2. The molecule has 0 radical (unpaired) electrons. The minimum atomic E-state index is -1.10. The van der Waals surface area contributed by atoms with Gasteiger partial charge >= 0.3 is 12.0 Å². The lowest BCUT2D eigenvalue weighted by molar-refractivity contribution is -0.138. The standard InChI is InChI=1S/C18H26ClN3O4/c1-6-11(2)22(10-15(23)24)16(25)13-9-12(7-8-14(13)19)20-17(26)21-18(3,4)5/h7-9,11H,6,10H2,1-5H3,(H,23,24)(H2,20,21,26). The van der Waals surface area contributed by atoms with Crippen molar-refractivity contribution >= 4 is 35.2 Å². The topological polar surface area (TPSA) is 98.7 Å². The third-order valence-corrected chi connectivity index (χ3v) is 3.96. The van der Waals surface area contributed by atoms with Gasteiger partial charge in [0, 0.05) is 17.3 Å². The van der Waals surface area contributed by atoms with Crippen molar-refractivity contribution in [1.29, 1.82) is 0 Å². The van der Waals surface area contributed by atoms with Gasteiger partial charge in [-0.1, -0.05) is 18.5 Å². The van der Waals surface area contributed by atoms with Crippen LogP contribution in [0.25, 0.3) is 0 Å². The molecule has 26 heavy (non-hydrogen) atoms. The van der Waals surface area contributed by atoms with E-state index in [4.69, 9.17) is 16.7 Å².